The number of amides is 2. The van der Waals surface area contributed by atoms with Gasteiger partial charge in [-0.1, -0.05) is 24.8 Å². The molecule has 1 aliphatic heterocycles. The second-order valence-corrected chi connectivity index (χ2v) is 11.1. The van der Waals surface area contributed by atoms with Crippen LogP contribution in [0, 0.1) is 11.8 Å². The van der Waals surface area contributed by atoms with Crippen molar-refractivity contribution in [1.29, 1.82) is 0 Å². The largest absolute Gasteiger partial charge is 0.444 e. The minimum atomic E-state index is -0.647. The summed E-state index contributed by atoms with van der Waals surface area (Å²) in [6, 6.07) is -0.472. The van der Waals surface area contributed by atoms with Crippen LogP contribution in [0.4, 0.5) is 16.6 Å². The number of carbonyl (C=O) groups excluding carboxylic acids is 2. The lowest BCUT2D eigenvalue weighted by Crippen LogP contribution is -2.47. The number of carbonyl (C=O) groups is 2. The lowest BCUT2D eigenvalue weighted by atomic mass is 10.0. The van der Waals surface area contributed by atoms with Gasteiger partial charge in [-0.05, 0) is 58.3 Å². The van der Waals surface area contributed by atoms with Gasteiger partial charge in [0.15, 0.2) is 0 Å². The van der Waals surface area contributed by atoms with Gasteiger partial charge >= 0.3 is 6.09 Å². The van der Waals surface area contributed by atoms with E-state index in [1.165, 1.54) is 10.5 Å². The molecule has 11 heteroatoms. The summed E-state index contributed by atoms with van der Waals surface area (Å²) in [5, 5.41) is 13.8. The van der Waals surface area contributed by atoms with Gasteiger partial charge < -0.3 is 25.7 Å². The SMILES string of the molecule is CCCNc1nc(NC2=CC3C(=CN(C)N3C)C=C2)ncc1C#CCCCNC(=O)[C@H](C)N(C)C(=O)OC(C)(C)C. The minimum absolute atomic E-state index is 0.175. The van der Waals surface area contributed by atoms with Crippen LogP contribution < -0.4 is 16.0 Å². The van der Waals surface area contributed by atoms with Crippen LogP contribution in [0.1, 0.15) is 59.4 Å². The van der Waals surface area contributed by atoms with E-state index in [9.17, 15) is 9.59 Å². The summed E-state index contributed by atoms with van der Waals surface area (Å²) in [6.07, 6.45) is 11.8. The second-order valence-electron chi connectivity index (χ2n) is 11.1. The maximum absolute atomic E-state index is 12.5. The average Bonchev–Trinajstić information content (AvgIpc) is 3.20. The molecular formula is C30H44N8O3. The lowest BCUT2D eigenvalue weighted by molar-refractivity contribution is -0.125. The summed E-state index contributed by atoms with van der Waals surface area (Å²) in [7, 11) is 5.64. The number of hydrogen-bond donors (Lipinski definition) is 3. The fourth-order valence-electron chi connectivity index (χ4n) is 4.04. The van der Waals surface area contributed by atoms with Crippen molar-refractivity contribution in [2.75, 3.05) is 44.9 Å². The molecule has 2 aliphatic rings. The maximum atomic E-state index is 12.5. The van der Waals surface area contributed by atoms with Crippen LogP contribution in [-0.4, -0.2) is 88.8 Å². The molecular weight excluding hydrogens is 520 g/mol. The first-order valence-corrected chi connectivity index (χ1v) is 14.1. The average molecular weight is 565 g/mol. The van der Waals surface area contributed by atoms with E-state index in [0.29, 0.717) is 31.2 Å². The number of ether oxygens (including phenoxy) is 1. The molecule has 1 aromatic heterocycles. The van der Waals surface area contributed by atoms with Crippen LogP contribution in [0.5, 0.6) is 0 Å². The van der Waals surface area contributed by atoms with Crippen LogP contribution in [0.15, 0.2) is 41.9 Å². The van der Waals surface area contributed by atoms with E-state index in [4.69, 9.17) is 4.74 Å². The Bertz CT molecular complexity index is 1250. The van der Waals surface area contributed by atoms with Crippen LogP contribution in [0.2, 0.25) is 0 Å². The summed E-state index contributed by atoms with van der Waals surface area (Å²) in [5.74, 6) is 7.26. The highest BCUT2D eigenvalue weighted by atomic mass is 16.6. The van der Waals surface area contributed by atoms with Gasteiger partial charge in [0.1, 0.15) is 17.5 Å². The molecule has 1 aliphatic carbocycles. The Labute approximate surface area is 244 Å². The van der Waals surface area contributed by atoms with Crippen molar-refractivity contribution in [2.24, 2.45) is 0 Å². The van der Waals surface area contributed by atoms with Gasteiger partial charge in [0.2, 0.25) is 11.9 Å². The fourth-order valence-corrected chi connectivity index (χ4v) is 4.04. The van der Waals surface area contributed by atoms with Gasteiger partial charge in [-0.3, -0.25) is 9.69 Å². The van der Waals surface area contributed by atoms with E-state index in [0.717, 1.165) is 24.2 Å². The number of allylic oxidation sites excluding steroid dienone is 1. The topological polar surface area (TPSA) is 115 Å². The van der Waals surface area contributed by atoms with Crippen LogP contribution >= 0.6 is 0 Å². The number of hydrogen-bond acceptors (Lipinski definition) is 9. The number of nitrogens with one attached hydrogen (secondary N) is 3. The molecule has 0 fully saturated rings. The van der Waals surface area contributed by atoms with Crippen molar-refractivity contribution in [3.63, 3.8) is 0 Å². The van der Waals surface area contributed by atoms with E-state index < -0.39 is 17.7 Å². The predicted octanol–water partition coefficient (Wildman–Crippen LogP) is 3.71. The molecule has 2 amide bonds. The normalized spacial score (nSPS) is 17.0. The van der Waals surface area contributed by atoms with Gasteiger partial charge in [-0.15, -0.1) is 0 Å². The first kappa shape index (κ1) is 31.5. The number of nitrogens with zero attached hydrogens (tertiary/aromatic N) is 5. The monoisotopic (exact) mass is 564 g/mol. The second kappa shape index (κ2) is 14.0. The lowest BCUT2D eigenvalue weighted by Gasteiger charge is -2.28. The van der Waals surface area contributed by atoms with Crippen molar-refractivity contribution in [3.05, 3.63) is 47.5 Å². The molecule has 1 aromatic rings. The number of anilines is 2. The summed E-state index contributed by atoms with van der Waals surface area (Å²) < 4.78 is 5.33. The molecule has 222 valence electrons. The van der Waals surface area contributed by atoms with Crippen molar-refractivity contribution < 1.29 is 14.3 Å². The van der Waals surface area contributed by atoms with Crippen molar-refractivity contribution in [1.82, 2.24) is 30.2 Å². The Morgan fingerprint density at radius 3 is 2.68 bits per heavy atom. The highest BCUT2D eigenvalue weighted by Crippen LogP contribution is 2.27. The summed E-state index contributed by atoms with van der Waals surface area (Å²) >= 11 is 0. The number of rotatable bonds is 10. The number of likely N-dealkylation sites (N-methyl/N-ethyl adjacent to an activating group) is 2. The molecule has 1 unspecified atom stereocenters. The molecule has 0 radical (unpaired) electrons. The van der Waals surface area contributed by atoms with Crippen LogP contribution in [0.3, 0.4) is 0 Å². The van der Waals surface area contributed by atoms with Gasteiger partial charge in [0.25, 0.3) is 0 Å². The zero-order valence-electron chi connectivity index (χ0n) is 25.5. The molecule has 0 bridgehead atoms. The molecule has 0 saturated heterocycles. The van der Waals surface area contributed by atoms with E-state index >= 15 is 0 Å². The van der Waals surface area contributed by atoms with E-state index in [1.54, 1.807) is 40.9 Å². The zero-order chi connectivity index (χ0) is 30.2. The molecule has 0 aromatic carbocycles. The number of unbranched alkanes of at least 4 members (excludes halogenated alkanes) is 1. The van der Waals surface area contributed by atoms with Gasteiger partial charge in [-0.2, -0.15) is 4.98 Å². The molecule has 2 atom stereocenters. The van der Waals surface area contributed by atoms with Crippen molar-refractivity contribution in [2.45, 2.75) is 71.6 Å². The van der Waals surface area contributed by atoms with Gasteiger partial charge in [0.05, 0.1) is 17.8 Å². The van der Waals surface area contributed by atoms with Gasteiger partial charge in [-0.25, -0.2) is 14.8 Å². The molecule has 0 spiro atoms. The van der Waals surface area contributed by atoms with Crippen LogP contribution in [0.25, 0.3) is 0 Å². The van der Waals surface area contributed by atoms with Gasteiger partial charge in [0, 0.05) is 52.6 Å². The molecule has 2 heterocycles. The predicted molar refractivity (Wildman–Crippen MR) is 162 cm³/mol. The summed E-state index contributed by atoms with van der Waals surface area (Å²) in [6.45, 7) is 10.3. The molecule has 41 heavy (non-hydrogen) atoms. The Hall–Kier alpha value is -4.04. The Morgan fingerprint density at radius 1 is 1.22 bits per heavy atom. The van der Waals surface area contributed by atoms with Crippen molar-refractivity contribution in [3.8, 4) is 11.8 Å². The van der Waals surface area contributed by atoms with Crippen molar-refractivity contribution >= 4 is 23.8 Å². The molecule has 0 saturated carbocycles. The standard InChI is InChI=1S/C30H44N8O3/c1-9-16-31-26-22(13-11-10-12-17-32-27(39)21(2)37(7)29(40)41-30(3,4)5)19-33-28(35-26)34-24-15-14-23-20-36(6)38(8)25(23)18-24/h14-15,18-21,25H,9-10,12,16-17H2,1-8H3,(H,32,39)(H2,31,33,34,35)/t21-,25?/m0/s1. The smallest absolute Gasteiger partial charge is 0.410 e. The first-order chi connectivity index (χ1) is 19.4. The third kappa shape index (κ3) is 8.98. The quantitative estimate of drug-likeness (QED) is 0.289. The highest BCUT2D eigenvalue weighted by Gasteiger charge is 2.28. The third-order valence-corrected chi connectivity index (χ3v) is 6.60. The Kier molecular flexibility index (Phi) is 10.8. The Balaban J connectivity index is 1.53. The van der Waals surface area contributed by atoms with E-state index in [1.807, 2.05) is 13.1 Å². The first-order valence-electron chi connectivity index (χ1n) is 14.1. The summed E-state index contributed by atoms with van der Waals surface area (Å²) in [4.78, 5) is 35.2. The molecule has 3 N–H and O–H groups in total. The highest BCUT2D eigenvalue weighted by molar-refractivity contribution is 5.85. The number of aromatic nitrogens is 2. The minimum Gasteiger partial charge on any atom is -0.444 e. The maximum Gasteiger partial charge on any atom is 0.410 e. The number of hydrazine groups is 1. The van der Waals surface area contributed by atoms with Crippen LogP contribution in [-0.2, 0) is 9.53 Å². The molecule has 11 nitrogen and oxygen atoms in total. The molecule has 3 rings (SSSR count). The number of fused-ring (bicyclic) bond motifs is 1. The van der Waals surface area contributed by atoms with E-state index in [2.05, 4.69) is 80.1 Å². The third-order valence-electron chi connectivity index (χ3n) is 6.60. The summed E-state index contributed by atoms with van der Waals surface area (Å²) in [5.41, 5.74) is 2.27. The fraction of sp³-hybridized carbons (Fsp3) is 0.533. The Morgan fingerprint density at radius 2 is 1.98 bits per heavy atom. The van der Waals surface area contributed by atoms with E-state index in [-0.39, 0.29) is 11.9 Å². The zero-order valence-corrected chi connectivity index (χ0v) is 25.5.